The lowest BCUT2D eigenvalue weighted by atomic mass is 9.84. The van der Waals surface area contributed by atoms with Crippen LogP contribution in [0.3, 0.4) is 0 Å². The fraction of sp³-hybridized carbons (Fsp3) is 0.600. The zero-order valence-electron chi connectivity index (χ0n) is 11.8. The Morgan fingerprint density at radius 1 is 1.40 bits per heavy atom. The minimum Gasteiger partial charge on any atom is -0.310 e. The van der Waals surface area contributed by atoms with E-state index in [1.807, 2.05) is 6.07 Å². The smallest absolute Gasteiger partial charge is 0.273 e. The molecule has 2 rings (SSSR count). The van der Waals surface area contributed by atoms with Gasteiger partial charge in [-0.25, -0.2) is 0 Å². The number of nitro groups is 1. The molecule has 1 N–H and O–H groups in total. The maximum atomic E-state index is 11.0. The van der Waals surface area contributed by atoms with Gasteiger partial charge < -0.3 is 5.32 Å². The molecule has 0 bridgehead atoms. The first-order valence-corrected chi connectivity index (χ1v) is 8.03. The van der Waals surface area contributed by atoms with Gasteiger partial charge in [0.2, 0.25) is 0 Å². The highest BCUT2D eigenvalue weighted by Gasteiger charge is 2.21. The molecule has 1 aliphatic carbocycles. The largest absolute Gasteiger partial charge is 0.310 e. The third kappa shape index (κ3) is 4.03. The van der Waals surface area contributed by atoms with E-state index in [1.54, 1.807) is 12.1 Å². The lowest BCUT2D eigenvalue weighted by Crippen LogP contribution is -2.34. The molecule has 0 amide bonds. The van der Waals surface area contributed by atoms with E-state index in [2.05, 4.69) is 28.2 Å². The maximum Gasteiger partial charge on any atom is 0.273 e. The van der Waals surface area contributed by atoms with E-state index in [0.717, 1.165) is 10.0 Å². The Morgan fingerprint density at radius 3 is 2.75 bits per heavy atom. The van der Waals surface area contributed by atoms with Crippen molar-refractivity contribution >= 4 is 21.6 Å². The molecular weight excluding hydrogens is 320 g/mol. The van der Waals surface area contributed by atoms with Gasteiger partial charge in [-0.2, -0.15) is 0 Å². The van der Waals surface area contributed by atoms with Gasteiger partial charge in [0.05, 0.1) is 4.92 Å². The summed E-state index contributed by atoms with van der Waals surface area (Å²) in [5, 5.41) is 14.5. The Bertz CT molecular complexity index is 473. The lowest BCUT2D eigenvalue weighted by molar-refractivity contribution is -0.385. The topological polar surface area (TPSA) is 55.2 Å². The number of benzene rings is 1. The molecule has 110 valence electrons. The van der Waals surface area contributed by atoms with Crippen LogP contribution >= 0.6 is 15.9 Å². The summed E-state index contributed by atoms with van der Waals surface area (Å²) in [5.74, 6) is 0.704. The van der Waals surface area contributed by atoms with Crippen LogP contribution < -0.4 is 5.32 Å². The summed E-state index contributed by atoms with van der Waals surface area (Å²) >= 11 is 3.38. The summed E-state index contributed by atoms with van der Waals surface area (Å²) in [6.45, 7) is 2.74. The Morgan fingerprint density at radius 2 is 2.10 bits per heavy atom. The number of halogens is 1. The molecule has 0 aromatic heterocycles. The third-order valence-corrected chi connectivity index (χ3v) is 4.70. The molecular formula is C15H21BrN2O2. The van der Waals surface area contributed by atoms with E-state index in [4.69, 9.17) is 0 Å². The zero-order valence-corrected chi connectivity index (χ0v) is 13.4. The minimum absolute atomic E-state index is 0.191. The molecule has 1 fully saturated rings. The molecule has 1 unspecified atom stereocenters. The van der Waals surface area contributed by atoms with Gasteiger partial charge in [-0.3, -0.25) is 10.1 Å². The summed E-state index contributed by atoms with van der Waals surface area (Å²) in [7, 11) is 0. The van der Waals surface area contributed by atoms with Crippen LogP contribution in [0.5, 0.6) is 0 Å². The minimum atomic E-state index is -0.311. The molecule has 5 heteroatoms. The lowest BCUT2D eigenvalue weighted by Gasteiger charge is -2.28. The predicted molar refractivity (Wildman–Crippen MR) is 83.7 cm³/mol. The van der Waals surface area contributed by atoms with Crippen molar-refractivity contribution in [2.75, 3.05) is 0 Å². The van der Waals surface area contributed by atoms with Gasteiger partial charge in [0, 0.05) is 28.7 Å². The Labute approximate surface area is 128 Å². The van der Waals surface area contributed by atoms with Gasteiger partial charge in [-0.15, -0.1) is 0 Å². The van der Waals surface area contributed by atoms with E-state index in [0.29, 0.717) is 18.5 Å². The molecule has 4 nitrogen and oxygen atoms in total. The highest BCUT2D eigenvalue weighted by atomic mass is 79.9. The molecule has 0 spiro atoms. The second kappa shape index (κ2) is 7.18. The van der Waals surface area contributed by atoms with Crippen molar-refractivity contribution in [3.8, 4) is 0 Å². The maximum absolute atomic E-state index is 11.0. The standard InChI is InChI=1S/C15H21BrN2O2/c1-11(12-5-3-2-4-6-12)17-10-13-9-14(16)7-8-15(13)18(19)20/h7-9,11-12,17H,2-6,10H2,1H3. The van der Waals surface area contributed by atoms with Crippen molar-refractivity contribution < 1.29 is 4.92 Å². The first-order chi connectivity index (χ1) is 9.58. The molecule has 20 heavy (non-hydrogen) atoms. The predicted octanol–water partition coefficient (Wildman–Crippen LogP) is 4.42. The number of rotatable bonds is 5. The van der Waals surface area contributed by atoms with Crippen LogP contribution in [0.2, 0.25) is 0 Å². The van der Waals surface area contributed by atoms with Gasteiger partial charge >= 0.3 is 0 Å². The summed E-state index contributed by atoms with van der Waals surface area (Å²) in [6.07, 6.45) is 6.52. The van der Waals surface area contributed by atoms with Crippen LogP contribution in [0.15, 0.2) is 22.7 Å². The molecule has 0 heterocycles. The van der Waals surface area contributed by atoms with Gasteiger partial charge in [0.1, 0.15) is 0 Å². The molecule has 1 aromatic carbocycles. The Balaban J connectivity index is 1.99. The van der Waals surface area contributed by atoms with Crippen LogP contribution in [-0.2, 0) is 6.54 Å². The van der Waals surface area contributed by atoms with Crippen LogP contribution in [0.4, 0.5) is 5.69 Å². The van der Waals surface area contributed by atoms with E-state index in [-0.39, 0.29) is 10.6 Å². The van der Waals surface area contributed by atoms with Gasteiger partial charge in [-0.1, -0.05) is 35.2 Å². The number of nitrogens with one attached hydrogen (secondary N) is 1. The number of hydrogen-bond donors (Lipinski definition) is 1. The average Bonchev–Trinajstić information content (AvgIpc) is 2.45. The highest BCUT2D eigenvalue weighted by Crippen LogP contribution is 2.27. The van der Waals surface area contributed by atoms with E-state index in [1.165, 1.54) is 32.1 Å². The SMILES string of the molecule is CC(NCc1cc(Br)ccc1[N+](=O)[O-])C1CCCCC1. The van der Waals surface area contributed by atoms with E-state index in [9.17, 15) is 10.1 Å². The Kier molecular flexibility index (Phi) is 5.54. The van der Waals surface area contributed by atoms with Crippen molar-refractivity contribution in [2.45, 2.75) is 51.6 Å². The van der Waals surface area contributed by atoms with Crippen molar-refractivity contribution in [3.05, 3.63) is 38.3 Å². The molecule has 1 atom stereocenters. The molecule has 0 radical (unpaired) electrons. The normalized spacial score (nSPS) is 17.9. The van der Waals surface area contributed by atoms with Crippen molar-refractivity contribution in [3.63, 3.8) is 0 Å². The van der Waals surface area contributed by atoms with Gasteiger partial charge in [0.15, 0.2) is 0 Å². The van der Waals surface area contributed by atoms with Crippen LogP contribution in [0, 0.1) is 16.0 Å². The van der Waals surface area contributed by atoms with E-state index >= 15 is 0 Å². The fourth-order valence-corrected chi connectivity index (χ4v) is 3.35. The number of hydrogen-bond acceptors (Lipinski definition) is 3. The summed E-state index contributed by atoms with van der Waals surface area (Å²) in [4.78, 5) is 10.7. The quantitative estimate of drug-likeness (QED) is 0.637. The molecule has 1 aliphatic rings. The highest BCUT2D eigenvalue weighted by molar-refractivity contribution is 9.10. The summed E-state index contributed by atoms with van der Waals surface area (Å²) < 4.78 is 0.880. The van der Waals surface area contributed by atoms with Crippen LogP contribution in [-0.4, -0.2) is 11.0 Å². The summed E-state index contributed by atoms with van der Waals surface area (Å²) in [6, 6.07) is 5.52. The molecule has 0 aliphatic heterocycles. The van der Waals surface area contributed by atoms with Crippen LogP contribution in [0.1, 0.15) is 44.6 Å². The Hall–Kier alpha value is -0.940. The monoisotopic (exact) mass is 340 g/mol. The summed E-state index contributed by atoms with van der Waals surface area (Å²) in [5.41, 5.74) is 0.934. The van der Waals surface area contributed by atoms with E-state index < -0.39 is 0 Å². The average molecular weight is 341 g/mol. The first kappa shape index (κ1) is 15.4. The zero-order chi connectivity index (χ0) is 14.5. The van der Waals surface area contributed by atoms with Crippen molar-refractivity contribution in [2.24, 2.45) is 5.92 Å². The third-order valence-electron chi connectivity index (χ3n) is 4.21. The second-order valence-electron chi connectivity index (χ2n) is 5.60. The first-order valence-electron chi connectivity index (χ1n) is 7.24. The van der Waals surface area contributed by atoms with Crippen molar-refractivity contribution in [1.82, 2.24) is 5.32 Å². The second-order valence-corrected chi connectivity index (χ2v) is 6.51. The number of nitro benzene ring substituents is 1. The van der Waals surface area contributed by atoms with Gasteiger partial charge in [-0.05, 0) is 37.8 Å². The molecule has 1 aromatic rings. The van der Waals surface area contributed by atoms with Gasteiger partial charge in [0.25, 0.3) is 5.69 Å². The number of nitrogens with zero attached hydrogens (tertiary/aromatic N) is 1. The van der Waals surface area contributed by atoms with Crippen molar-refractivity contribution in [1.29, 1.82) is 0 Å². The van der Waals surface area contributed by atoms with Crippen LogP contribution in [0.25, 0.3) is 0 Å². The molecule has 0 saturated heterocycles. The molecule has 1 saturated carbocycles. The fourth-order valence-electron chi connectivity index (χ4n) is 2.95.